The van der Waals surface area contributed by atoms with Crippen molar-refractivity contribution >= 4 is 23.6 Å². The van der Waals surface area contributed by atoms with E-state index in [0.717, 1.165) is 10.5 Å². The first-order valence-corrected chi connectivity index (χ1v) is 11.4. The summed E-state index contributed by atoms with van der Waals surface area (Å²) in [6, 6.07) is 15.4. The second-order valence-corrected chi connectivity index (χ2v) is 8.79. The van der Waals surface area contributed by atoms with Crippen LogP contribution < -0.4 is 5.32 Å². The number of hydrogen-bond donors (Lipinski definition) is 1. The molecule has 2 rings (SSSR count). The maximum Gasteiger partial charge on any atom is 0.242 e. The molecule has 162 valence electrons. The van der Waals surface area contributed by atoms with E-state index in [1.807, 2.05) is 51.1 Å². The summed E-state index contributed by atoms with van der Waals surface area (Å²) >= 11 is 1.62. The van der Waals surface area contributed by atoms with E-state index in [0.29, 0.717) is 31.1 Å². The maximum atomic E-state index is 13.3. The molecule has 0 unspecified atom stereocenters. The predicted octanol–water partition coefficient (Wildman–Crippen LogP) is 4.89. The number of halogens is 1. The average Bonchev–Trinajstić information content (AvgIpc) is 2.74. The molecule has 0 aliphatic carbocycles. The number of carbonyl (C=O) groups is 2. The van der Waals surface area contributed by atoms with E-state index in [1.54, 1.807) is 28.8 Å². The molecule has 2 amide bonds. The van der Waals surface area contributed by atoms with Gasteiger partial charge < -0.3 is 10.2 Å². The van der Waals surface area contributed by atoms with Crippen LogP contribution in [-0.4, -0.2) is 35.1 Å². The monoisotopic (exact) mass is 430 g/mol. The number of benzene rings is 2. The van der Waals surface area contributed by atoms with Crippen molar-refractivity contribution in [3.63, 3.8) is 0 Å². The Bertz CT molecular complexity index is 797. The van der Waals surface area contributed by atoms with Gasteiger partial charge in [-0.25, -0.2) is 4.39 Å². The molecule has 4 nitrogen and oxygen atoms in total. The molecule has 2 aromatic carbocycles. The van der Waals surface area contributed by atoms with E-state index in [9.17, 15) is 14.0 Å². The average molecular weight is 431 g/mol. The number of amides is 2. The van der Waals surface area contributed by atoms with E-state index < -0.39 is 6.04 Å². The zero-order valence-electron chi connectivity index (χ0n) is 17.9. The minimum atomic E-state index is -0.553. The fourth-order valence-electron chi connectivity index (χ4n) is 3.05. The molecule has 6 heteroatoms. The van der Waals surface area contributed by atoms with Gasteiger partial charge in [0.15, 0.2) is 0 Å². The van der Waals surface area contributed by atoms with Gasteiger partial charge in [-0.3, -0.25) is 9.59 Å². The van der Waals surface area contributed by atoms with E-state index in [2.05, 4.69) is 5.32 Å². The van der Waals surface area contributed by atoms with Crippen LogP contribution in [0.25, 0.3) is 0 Å². The van der Waals surface area contributed by atoms with E-state index in [1.165, 1.54) is 12.1 Å². The van der Waals surface area contributed by atoms with Crippen LogP contribution in [0.3, 0.4) is 0 Å². The van der Waals surface area contributed by atoms with Crippen molar-refractivity contribution in [1.82, 2.24) is 10.2 Å². The number of nitrogens with one attached hydrogen (secondary N) is 1. The first kappa shape index (κ1) is 23.9. The second-order valence-electron chi connectivity index (χ2n) is 7.62. The Morgan fingerprint density at radius 3 is 2.33 bits per heavy atom. The van der Waals surface area contributed by atoms with Gasteiger partial charge in [-0.05, 0) is 42.2 Å². The largest absolute Gasteiger partial charge is 0.354 e. The highest BCUT2D eigenvalue weighted by atomic mass is 32.2. The van der Waals surface area contributed by atoms with Crippen molar-refractivity contribution in [3.8, 4) is 0 Å². The van der Waals surface area contributed by atoms with Crippen LogP contribution in [0.2, 0.25) is 0 Å². The lowest BCUT2D eigenvalue weighted by molar-refractivity contribution is -0.141. The molecule has 1 atom stereocenters. The first-order valence-electron chi connectivity index (χ1n) is 10.4. The van der Waals surface area contributed by atoms with E-state index in [4.69, 9.17) is 0 Å². The Morgan fingerprint density at radius 2 is 1.73 bits per heavy atom. The SMILES string of the molecule is CC[C@@H](C(=O)NCC(C)C)N(Cc1ccc(F)cc1)C(=O)CCSc1ccccc1. The summed E-state index contributed by atoms with van der Waals surface area (Å²) in [7, 11) is 0. The zero-order valence-corrected chi connectivity index (χ0v) is 18.8. The maximum absolute atomic E-state index is 13.3. The highest BCUT2D eigenvalue weighted by Crippen LogP contribution is 2.20. The predicted molar refractivity (Wildman–Crippen MR) is 121 cm³/mol. The lowest BCUT2D eigenvalue weighted by Crippen LogP contribution is -2.49. The highest BCUT2D eigenvalue weighted by molar-refractivity contribution is 7.99. The zero-order chi connectivity index (χ0) is 21.9. The third-order valence-corrected chi connectivity index (χ3v) is 5.68. The van der Waals surface area contributed by atoms with Gasteiger partial charge in [0.05, 0.1) is 0 Å². The summed E-state index contributed by atoms with van der Waals surface area (Å²) in [5.74, 6) is 0.423. The van der Waals surface area contributed by atoms with E-state index >= 15 is 0 Å². The summed E-state index contributed by atoms with van der Waals surface area (Å²) in [6.45, 7) is 6.82. The van der Waals surface area contributed by atoms with Crippen molar-refractivity contribution in [2.75, 3.05) is 12.3 Å². The van der Waals surface area contributed by atoms with Gasteiger partial charge in [0, 0.05) is 30.2 Å². The molecule has 0 aliphatic rings. The number of thioether (sulfide) groups is 1. The normalized spacial score (nSPS) is 11.9. The summed E-state index contributed by atoms with van der Waals surface area (Å²) in [6.07, 6.45) is 0.845. The molecular weight excluding hydrogens is 399 g/mol. The molecule has 30 heavy (non-hydrogen) atoms. The van der Waals surface area contributed by atoms with Crippen molar-refractivity contribution in [2.45, 2.75) is 51.1 Å². The van der Waals surface area contributed by atoms with Gasteiger partial charge in [0.25, 0.3) is 0 Å². The fraction of sp³-hybridized carbons (Fsp3) is 0.417. The Labute approximate surface area is 183 Å². The molecule has 2 aromatic rings. The number of rotatable bonds is 11. The minimum absolute atomic E-state index is 0.0747. The number of carbonyl (C=O) groups excluding carboxylic acids is 2. The van der Waals surface area contributed by atoms with Gasteiger partial charge in [0.2, 0.25) is 11.8 Å². The highest BCUT2D eigenvalue weighted by Gasteiger charge is 2.28. The van der Waals surface area contributed by atoms with Gasteiger partial charge in [-0.15, -0.1) is 11.8 Å². The van der Waals surface area contributed by atoms with Gasteiger partial charge in [-0.1, -0.05) is 51.1 Å². The Balaban J connectivity index is 2.10. The lowest BCUT2D eigenvalue weighted by Gasteiger charge is -2.31. The van der Waals surface area contributed by atoms with Crippen LogP contribution in [-0.2, 0) is 16.1 Å². The van der Waals surface area contributed by atoms with Crippen LogP contribution in [0.4, 0.5) is 4.39 Å². The molecular formula is C24H31FN2O2S. The summed E-state index contributed by atoms with van der Waals surface area (Å²) < 4.78 is 13.3. The topological polar surface area (TPSA) is 49.4 Å². The van der Waals surface area contributed by atoms with Crippen molar-refractivity contribution in [2.24, 2.45) is 5.92 Å². The molecule has 0 saturated heterocycles. The number of nitrogens with zero attached hydrogens (tertiary/aromatic N) is 1. The molecule has 0 radical (unpaired) electrons. The summed E-state index contributed by atoms with van der Waals surface area (Å²) in [5, 5.41) is 2.95. The smallest absolute Gasteiger partial charge is 0.242 e. The fourth-order valence-corrected chi connectivity index (χ4v) is 3.91. The Kier molecular flexibility index (Phi) is 9.87. The quantitative estimate of drug-likeness (QED) is 0.517. The standard InChI is InChI=1S/C24H31FN2O2S/c1-4-22(24(29)26-16-18(2)3)27(17-19-10-12-20(25)13-11-19)23(28)14-15-30-21-8-6-5-7-9-21/h5-13,18,22H,4,14-17H2,1-3H3,(H,26,29)/t22-/m0/s1. The van der Waals surface area contributed by atoms with Gasteiger partial charge >= 0.3 is 0 Å². The van der Waals surface area contributed by atoms with Crippen molar-refractivity contribution < 1.29 is 14.0 Å². The third kappa shape index (κ3) is 7.82. The summed E-state index contributed by atoms with van der Waals surface area (Å²) in [4.78, 5) is 28.6. The van der Waals surface area contributed by atoms with Crippen LogP contribution >= 0.6 is 11.8 Å². The van der Waals surface area contributed by atoms with Gasteiger partial charge in [-0.2, -0.15) is 0 Å². The van der Waals surface area contributed by atoms with Crippen LogP contribution in [0, 0.1) is 11.7 Å². The van der Waals surface area contributed by atoms with Crippen LogP contribution in [0.5, 0.6) is 0 Å². The Hall–Kier alpha value is -2.34. The first-order chi connectivity index (χ1) is 14.4. The molecule has 0 heterocycles. The molecule has 0 bridgehead atoms. The molecule has 0 aromatic heterocycles. The summed E-state index contributed by atoms with van der Waals surface area (Å²) in [5.41, 5.74) is 0.801. The lowest BCUT2D eigenvalue weighted by atomic mass is 10.1. The molecule has 1 N–H and O–H groups in total. The molecule has 0 aliphatic heterocycles. The van der Waals surface area contributed by atoms with Crippen molar-refractivity contribution in [1.29, 1.82) is 0 Å². The third-order valence-electron chi connectivity index (χ3n) is 4.66. The van der Waals surface area contributed by atoms with Crippen LogP contribution in [0.1, 0.15) is 39.2 Å². The van der Waals surface area contributed by atoms with E-state index in [-0.39, 0.29) is 24.2 Å². The number of hydrogen-bond acceptors (Lipinski definition) is 3. The van der Waals surface area contributed by atoms with Crippen LogP contribution in [0.15, 0.2) is 59.5 Å². The molecule has 0 spiro atoms. The Morgan fingerprint density at radius 1 is 1.07 bits per heavy atom. The molecule has 0 fully saturated rings. The van der Waals surface area contributed by atoms with Crippen molar-refractivity contribution in [3.05, 3.63) is 66.0 Å². The second kappa shape index (κ2) is 12.4. The minimum Gasteiger partial charge on any atom is -0.354 e. The van der Waals surface area contributed by atoms with Gasteiger partial charge in [0.1, 0.15) is 11.9 Å². The molecule has 0 saturated carbocycles.